The molecule has 8 aromatic heterocycles. The van der Waals surface area contributed by atoms with Gasteiger partial charge in [-0.3, -0.25) is 33.6 Å². The highest BCUT2D eigenvalue weighted by atomic mass is 79.9. The van der Waals surface area contributed by atoms with Crippen LogP contribution in [0.5, 0.6) is 34.5 Å². The van der Waals surface area contributed by atoms with Crippen molar-refractivity contribution in [3.63, 3.8) is 0 Å². The molecule has 10 aromatic carbocycles. The number of aryl methyl sites for hydroxylation is 3. The molecule has 3 radical (unpaired) electrons. The third kappa shape index (κ3) is 14.1. The first-order valence-electron chi connectivity index (χ1n) is 32.8. The molecule has 505 valence electrons. The summed E-state index contributed by atoms with van der Waals surface area (Å²) in [6.45, 7) is 6.26. The number of pyridine rings is 3. The highest BCUT2D eigenvalue weighted by molar-refractivity contribution is 9.10. The lowest BCUT2D eigenvalue weighted by Gasteiger charge is -2.11. The standard InChI is InChI=1S/C52H36N6O2.C18H13BrN2.C16H12N2O2.2CH4.B/c1-33-21-23-53-51(25-33)57-47-15-5-3-13-41(47)43-19-17-39(29-49(43)57)59-37-11-7-9-35(27-37)45-31-56-46(32-55-45)36-10-8-12-38(28-36)60-40-18-20-44-42-14-4-6-16-48(42)58(50(44)30-40)52-26-34(2)22-24-54-52;1-12-8-9-20-18(10-12)21-16-5-3-2-4-14(16)15-7-6-13(19)11-17(15)21;19-13-5-1-3-11(7-13)15-9-18-16(10-17-15)12-4-2-6-14(20)8-12;;;/h3-32H,1-2H3;2-11H,1H3;1-10,19-20H;2*1H4;. The molecule has 14 nitrogen and oxygen atoms in total. The molecule has 18 rings (SSSR count). The summed E-state index contributed by atoms with van der Waals surface area (Å²) in [6.07, 6.45) is 12.5. The van der Waals surface area contributed by atoms with E-state index in [2.05, 4.69) is 199 Å². The minimum Gasteiger partial charge on any atom is -0.508 e. The SMILES string of the molecule is C.C.Cc1ccnc(-n2c3ccccc3c3ccc(Br)cc32)c1.Cc1ccnc(-n2c3ccccc3c3ccc(Oc4cccc(-c5cnc(-c6cccc(Oc7ccc8c9ccccc9n(-c9cc(C)ccn9)c8c7)c6)cn5)c4)cc32)c1.Oc1cccc(-c2cnc(-c3cccc(O)c3)cn2)c1.[B]. The number of aromatic hydroxyl groups is 2. The Morgan fingerprint density at radius 3 is 0.942 bits per heavy atom. The molecule has 0 amide bonds. The van der Waals surface area contributed by atoms with E-state index in [1.54, 1.807) is 61.2 Å². The maximum absolute atomic E-state index is 9.46. The van der Waals surface area contributed by atoms with Gasteiger partial charge in [-0.2, -0.15) is 0 Å². The smallest absolute Gasteiger partial charge is 0.137 e. The number of fused-ring (bicyclic) bond motifs is 9. The van der Waals surface area contributed by atoms with Crippen LogP contribution in [-0.4, -0.2) is 67.2 Å². The fourth-order valence-corrected chi connectivity index (χ4v) is 13.3. The fourth-order valence-electron chi connectivity index (χ4n) is 12.9. The number of aromatic nitrogens is 10. The Morgan fingerprint density at radius 1 is 0.288 bits per heavy atom. The number of nitrogens with zero attached hydrogens (tertiary/aromatic N) is 10. The second kappa shape index (κ2) is 30.0. The van der Waals surface area contributed by atoms with Crippen LogP contribution in [0.1, 0.15) is 31.5 Å². The first-order chi connectivity index (χ1) is 49.5. The molecular formula is C88H69BBrN10O4. The van der Waals surface area contributed by atoms with E-state index in [1.807, 2.05) is 110 Å². The molecule has 0 saturated carbocycles. The largest absolute Gasteiger partial charge is 0.508 e. The lowest BCUT2D eigenvalue weighted by Crippen LogP contribution is -1.97. The zero-order chi connectivity index (χ0) is 68.5. The molecule has 0 fully saturated rings. The molecule has 104 heavy (non-hydrogen) atoms. The van der Waals surface area contributed by atoms with Gasteiger partial charge >= 0.3 is 0 Å². The van der Waals surface area contributed by atoms with Gasteiger partial charge in [0.2, 0.25) is 0 Å². The third-order valence-corrected chi connectivity index (χ3v) is 18.1. The summed E-state index contributed by atoms with van der Waals surface area (Å²) < 4.78 is 20.7. The number of hydrogen-bond acceptors (Lipinski definition) is 11. The molecule has 16 heteroatoms. The Morgan fingerprint density at radius 2 is 0.596 bits per heavy atom. The highest BCUT2D eigenvalue weighted by Gasteiger charge is 2.19. The Hall–Kier alpha value is -13.0. The Labute approximate surface area is 612 Å². The maximum Gasteiger partial charge on any atom is 0.137 e. The molecule has 0 aliphatic heterocycles. The van der Waals surface area contributed by atoms with Crippen LogP contribution >= 0.6 is 15.9 Å². The molecular weight excluding hydrogens is 1350 g/mol. The topological polar surface area (TPSA) is 164 Å². The minimum absolute atomic E-state index is 0. The van der Waals surface area contributed by atoms with Crippen LogP contribution in [0, 0.1) is 20.8 Å². The summed E-state index contributed by atoms with van der Waals surface area (Å²) in [6, 6.07) is 86.1. The Bertz CT molecular complexity index is 5860. The van der Waals surface area contributed by atoms with Crippen molar-refractivity contribution in [1.29, 1.82) is 0 Å². The average Bonchev–Trinajstić information content (AvgIpc) is 1.61. The van der Waals surface area contributed by atoms with Crippen LogP contribution in [0.4, 0.5) is 0 Å². The molecule has 0 atom stereocenters. The summed E-state index contributed by atoms with van der Waals surface area (Å²) in [5.74, 6) is 5.95. The van der Waals surface area contributed by atoms with Crippen LogP contribution in [-0.2, 0) is 0 Å². The molecule has 0 saturated heterocycles. The lowest BCUT2D eigenvalue weighted by molar-refractivity contribution is 0.475. The molecule has 8 heterocycles. The van der Waals surface area contributed by atoms with Gasteiger partial charge in [-0.25, -0.2) is 15.0 Å². The molecule has 18 aromatic rings. The van der Waals surface area contributed by atoms with Gasteiger partial charge in [-0.1, -0.05) is 140 Å². The van der Waals surface area contributed by atoms with Gasteiger partial charge in [-0.05, 0) is 177 Å². The zero-order valence-corrected chi connectivity index (χ0v) is 57.1. The van der Waals surface area contributed by atoms with Gasteiger partial charge < -0.3 is 19.7 Å². The van der Waals surface area contributed by atoms with Crippen molar-refractivity contribution in [1.82, 2.24) is 48.6 Å². The summed E-state index contributed by atoms with van der Waals surface area (Å²) in [7, 11) is 0. The maximum atomic E-state index is 9.46. The Kier molecular flexibility index (Phi) is 20.1. The number of rotatable bonds is 11. The van der Waals surface area contributed by atoms with E-state index in [-0.39, 0.29) is 34.8 Å². The monoisotopic (exact) mass is 1420 g/mol. The van der Waals surface area contributed by atoms with Gasteiger partial charge in [0.1, 0.15) is 52.0 Å². The van der Waals surface area contributed by atoms with Crippen LogP contribution in [0.3, 0.4) is 0 Å². The van der Waals surface area contributed by atoms with Crippen molar-refractivity contribution < 1.29 is 19.7 Å². The van der Waals surface area contributed by atoms with E-state index in [0.29, 0.717) is 22.9 Å². The highest BCUT2D eigenvalue weighted by Crippen LogP contribution is 2.39. The van der Waals surface area contributed by atoms with Crippen LogP contribution in [0.25, 0.3) is 128 Å². The van der Waals surface area contributed by atoms with Crippen LogP contribution in [0.15, 0.2) is 309 Å². The van der Waals surface area contributed by atoms with Crippen LogP contribution in [0.2, 0.25) is 0 Å². The summed E-state index contributed by atoms with van der Waals surface area (Å²) in [5, 5.41) is 26.0. The second-order valence-electron chi connectivity index (χ2n) is 24.6. The molecule has 0 aliphatic rings. The van der Waals surface area contributed by atoms with Crippen LogP contribution < -0.4 is 9.47 Å². The Balaban J connectivity index is 0.000000177. The first-order valence-corrected chi connectivity index (χ1v) is 33.6. The molecule has 2 N–H and O–H groups in total. The molecule has 0 spiro atoms. The normalized spacial score (nSPS) is 10.9. The zero-order valence-electron chi connectivity index (χ0n) is 55.5. The van der Waals surface area contributed by atoms with Crippen molar-refractivity contribution in [3.8, 4) is 97.0 Å². The predicted octanol–water partition coefficient (Wildman–Crippen LogP) is 22.4. The quantitative estimate of drug-likeness (QED) is 0.118. The van der Waals surface area contributed by atoms with Crippen molar-refractivity contribution in [3.05, 3.63) is 325 Å². The average molecular weight is 1420 g/mol. The van der Waals surface area contributed by atoms with E-state index in [0.717, 1.165) is 111 Å². The van der Waals surface area contributed by atoms with Gasteiger partial charge in [0.15, 0.2) is 0 Å². The number of halogens is 1. The van der Waals surface area contributed by atoms with E-state index < -0.39 is 0 Å². The third-order valence-electron chi connectivity index (χ3n) is 17.6. The summed E-state index contributed by atoms with van der Waals surface area (Å²) >= 11 is 3.58. The van der Waals surface area contributed by atoms with E-state index >= 15 is 0 Å². The van der Waals surface area contributed by atoms with E-state index in [9.17, 15) is 10.2 Å². The lowest BCUT2D eigenvalue weighted by atomic mass is 10.1. The van der Waals surface area contributed by atoms with Gasteiger partial charge in [0, 0.05) is 98.2 Å². The second-order valence-corrected chi connectivity index (χ2v) is 25.5. The molecule has 0 unspecified atom stereocenters. The number of hydrogen-bond donors (Lipinski definition) is 2. The van der Waals surface area contributed by atoms with Crippen molar-refractivity contribution in [2.45, 2.75) is 35.6 Å². The van der Waals surface area contributed by atoms with Gasteiger partial charge in [0.25, 0.3) is 0 Å². The number of para-hydroxylation sites is 3. The molecule has 0 bridgehead atoms. The fraction of sp³-hybridized carbons (Fsp3) is 0.0568. The summed E-state index contributed by atoms with van der Waals surface area (Å²) in [5.41, 5.74) is 16.4. The predicted molar refractivity (Wildman–Crippen MR) is 426 cm³/mol. The van der Waals surface area contributed by atoms with E-state index in [1.165, 1.54) is 38.1 Å². The van der Waals surface area contributed by atoms with Gasteiger partial charge in [-0.15, -0.1) is 0 Å². The molecule has 0 aliphatic carbocycles. The first kappa shape index (κ1) is 69.4. The minimum atomic E-state index is 0. The van der Waals surface area contributed by atoms with Crippen molar-refractivity contribution >= 4 is 89.8 Å². The number of benzene rings is 10. The number of phenols is 2. The number of phenolic OH excluding ortho intramolecular Hbond substituents is 2. The van der Waals surface area contributed by atoms with E-state index in [4.69, 9.17) is 29.4 Å². The van der Waals surface area contributed by atoms with Crippen molar-refractivity contribution in [2.24, 2.45) is 0 Å². The van der Waals surface area contributed by atoms with Crippen molar-refractivity contribution in [2.75, 3.05) is 0 Å². The van der Waals surface area contributed by atoms with Gasteiger partial charge in [0.05, 0.1) is 80.7 Å². The number of ether oxygens (including phenoxy) is 2. The summed E-state index contributed by atoms with van der Waals surface area (Å²) in [4.78, 5) is 32.3.